The maximum atomic E-state index is 12.7. The second-order valence-corrected chi connectivity index (χ2v) is 8.48. The quantitative estimate of drug-likeness (QED) is 0.602. The molecule has 3 aromatic rings. The fourth-order valence-corrected chi connectivity index (χ4v) is 3.90. The molecule has 0 aliphatic carbocycles. The van der Waals surface area contributed by atoms with E-state index in [1.807, 2.05) is 68.1 Å². The molecule has 1 saturated heterocycles. The van der Waals surface area contributed by atoms with Gasteiger partial charge in [0.1, 0.15) is 5.76 Å². The number of carbonyl (C=O) groups is 1. The van der Waals surface area contributed by atoms with Gasteiger partial charge in [0, 0.05) is 49.0 Å². The number of hydrogen-bond donors (Lipinski definition) is 1. The number of aromatic nitrogens is 1. The Kier molecular flexibility index (Phi) is 6.30. The molecule has 0 bridgehead atoms. The summed E-state index contributed by atoms with van der Waals surface area (Å²) < 4.78 is 5.87. The number of halogens is 1. The zero-order valence-electron chi connectivity index (χ0n) is 18.1. The molecule has 0 radical (unpaired) electrons. The van der Waals surface area contributed by atoms with E-state index in [0.29, 0.717) is 30.5 Å². The number of anilines is 1. The van der Waals surface area contributed by atoms with Crippen molar-refractivity contribution < 1.29 is 9.21 Å². The first-order valence-corrected chi connectivity index (χ1v) is 10.8. The van der Waals surface area contributed by atoms with E-state index in [0.717, 1.165) is 46.9 Å². The van der Waals surface area contributed by atoms with Crippen LogP contribution in [-0.2, 0) is 6.54 Å². The van der Waals surface area contributed by atoms with Gasteiger partial charge in [-0.3, -0.25) is 4.90 Å². The Hall–Kier alpha value is -2.83. The highest BCUT2D eigenvalue weighted by molar-refractivity contribution is 6.30. The van der Waals surface area contributed by atoms with Crippen molar-refractivity contribution in [2.24, 2.45) is 0 Å². The first kappa shape index (κ1) is 21.4. The van der Waals surface area contributed by atoms with Gasteiger partial charge >= 0.3 is 6.03 Å². The molecule has 4 rings (SSSR count). The van der Waals surface area contributed by atoms with Gasteiger partial charge in [-0.2, -0.15) is 0 Å². The van der Waals surface area contributed by atoms with Crippen LogP contribution in [0.4, 0.5) is 10.5 Å². The van der Waals surface area contributed by atoms with Crippen LogP contribution in [-0.4, -0.2) is 47.0 Å². The largest absolute Gasteiger partial charge is 0.441 e. The summed E-state index contributed by atoms with van der Waals surface area (Å²) in [4.78, 5) is 21.5. The molecule has 0 atom stereocenters. The molecule has 162 valence electrons. The number of urea groups is 1. The number of rotatable bonds is 4. The summed E-state index contributed by atoms with van der Waals surface area (Å²) in [6.07, 6.45) is 0. The molecule has 1 aromatic heterocycles. The lowest BCUT2D eigenvalue weighted by Crippen LogP contribution is -2.49. The number of carbonyl (C=O) groups excluding carboxylic acids is 1. The van der Waals surface area contributed by atoms with Gasteiger partial charge in [0.25, 0.3) is 0 Å². The van der Waals surface area contributed by atoms with Crippen molar-refractivity contribution in [1.29, 1.82) is 0 Å². The minimum Gasteiger partial charge on any atom is -0.441 e. The van der Waals surface area contributed by atoms with E-state index in [2.05, 4.69) is 15.2 Å². The monoisotopic (exact) mass is 438 g/mol. The van der Waals surface area contributed by atoms with E-state index in [1.54, 1.807) is 0 Å². The van der Waals surface area contributed by atoms with Crippen molar-refractivity contribution in [3.05, 3.63) is 70.1 Å². The van der Waals surface area contributed by atoms with Crippen molar-refractivity contribution in [1.82, 2.24) is 14.8 Å². The van der Waals surface area contributed by atoms with E-state index in [1.165, 1.54) is 0 Å². The van der Waals surface area contributed by atoms with Crippen LogP contribution in [0, 0.1) is 20.8 Å². The zero-order valence-corrected chi connectivity index (χ0v) is 18.9. The highest BCUT2D eigenvalue weighted by atomic mass is 35.5. The van der Waals surface area contributed by atoms with E-state index in [9.17, 15) is 4.79 Å². The smallest absolute Gasteiger partial charge is 0.321 e. The average molecular weight is 439 g/mol. The summed E-state index contributed by atoms with van der Waals surface area (Å²) in [5.74, 6) is 1.40. The maximum Gasteiger partial charge on any atom is 0.321 e. The van der Waals surface area contributed by atoms with Gasteiger partial charge in [0.05, 0.1) is 5.69 Å². The molecule has 2 aromatic carbocycles. The Labute approximate surface area is 187 Å². The van der Waals surface area contributed by atoms with Crippen molar-refractivity contribution in [2.75, 3.05) is 31.5 Å². The fraction of sp³-hybridized carbons (Fsp3) is 0.333. The number of amides is 2. The molecule has 7 heteroatoms. The van der Waals surface area contributed by atoms with Crippen molar-refractivity contribution in [3.63, 3.8) is 0 Å². The lowest BCUT2D eigenvalue weighted by molar-refractivity contribution is 0.141. The van der Waals surface area contributed by atoms with Gasteiger partial charge in [-0.05, 0) is 56.2 Å². The molecule has 1 aliphatic heterocycles. The molecule has 1 aliphatic rings. The van der Waals surface area contributed by atoms with Crippen molar-refractivity contribution in [3.8, 4) is 11.5 Å². The van der Waals surface area contributed by atoms with Crippen LogP contribution in [0.1, 0.15) is 22.6 Å². The summed E-state index contributed by atoms with van der Waals surface area (Å²) in [5.41, 5.74) is 4.86. The number of piperazine rings is 1. The molecular formula is C24H27ClN4O2. The maximum absolute atomic E-state index is 12.7. The SMILES string of the molecule is Cc1ccc(C)c(NC(=O)N2CCN(Cc3nc(-c4cccc(Cl)c4)oc3C)CC2)c1. The number of benzene rings is 2. The molecule has 0 unspecified atom stereocenters. The number of aryl methyl sites for hydroxylation is 3. The lowest BCUT2D eigenvalue weighted by Gasteiger charge is -2.34. The van der Waals surface area contributed by atoms with E-state index >= 15 is 0 Å². The Bertz CT molecular complexity index is 1090. The van der Waals surface area contributed by atoms with Gasteiger partial charge in [0.2, 0.25) is 5.89 Å². The highest BCUT2D eigenvalue weighted by Gasteiger charge is 2.23. The van der Waals surface area contributed by atoms with Gasteiger partial charge in [-0.1, -0.05) is 29.8 Å². The van der Waals surface area contributed by atoms with Gasteiger partial charge in [0.15, 0.2) is 0 Å². The number of nitrogens with one attached hydrogen (secondary N) is 1. The number of nitrogens with zero attached hydrogens (tertiary/aromatic N) is 3. The van der Waals surface area contributed by atoms with Gasteiger partial charge < -0.3 is 14.6 Å². The number of hydrogen-bond acceptors (Lipinski definition) is 4. The summed E-state index contributed by atoms with van der Waals surface area (Å²) in [6, 6.07) is 13.5. The second kappa shape index (κ2) is 9.12. The van der Waals surface area contributed by atoms with E-state index in [4.69, 9.17) is 16.0 Å². The summed E-state index contributed by atoms with van der Waals surface area (Å²) >= 11 is 6.09. The van der Waals surface area contributed by atoms with Crippen molar-refractivity contribution >= 4 is 23.3 Å². The summed E-state index contributed by atoms with van der Waals surface area (Å²) in [7, 11) is 0. The number of oxazole rings is 1. The van der Waals surface area contributed by atoms with Gasteiger partial charge in [-0.15, -0.1) is 0 Å². The highest BCUT2D eigenvalue weighted by Crippen LogP contribution is 2.25. The van der Waals surface area contributed by atoms with E-state index in [-0.39, 0.29) is 6.03 Å². The molecule has 0 spiro atoms. The van der Waals surface area contributed by atoms with Crippen LogP contribution in [0.15, 0.2) is 46.9 Å². The predicted octanol–water partition coefficient (Wildman–Crippen LogP) is 5.27. The first-order chi connectivity index (χ1) is 14.9. The second-order valence-electron chi connectivity index (χ2n) is 8.04. The van der Waals surface area contributed by atoms with Crippen LogP contribution >= 0.6 is 11.6 Å². The normalized spacial score (nSPS) is 14.6. The third kappa shape index (κ3) is 5.09. The molecule has 6 nitrogen and oxygen atoms in total. The van der Waals surface area contributed by atoms with Crippen LogP contribution in [0.2, 0.25) is 5.02 Å². The summed E-state index contributed by atoms with van der Waals surface area (Å²) in [5, 5.41) is 3.71. The van der Waals surface area contributed by atoms with Crippen LogP contribution in [0.3, 0.4) is 0 Å². The van der Waals surface area contributed by atoms with Crippen molar-refractivity contribution in [2.45, 2.75) is 27.3 Å². The Morgan fingerprint density at radius 3 is 2.61 bits per heavy atom. The van der Waals surface area contributed by atoms with Crippen LogP contribution < -0.4 is 5.32 Å². The molecular weight excluding hydrogens is 412 g/mol. The molecule has 1 fully saturated rings. The van der Waals surface area contributed by atoms with Crippen LogP contribution in [0.25, 0.3) is 11.5 Å². The fourth-order valence-electron chi connectivity index (χ4n) is 3.71. The molecule has 1 N–H and O–H groups in total. The molecule has 2 heterocycles. The molecule has 0 saturated carbocycles. The lowest BCUT2D eigenvalue weighted by atomic mass is 10.1. The summed E-state index contributed by atoms with van der Waals surface area (Å²) in [6.45, 7) is 9.59. The standard InChI is InChI=1S/C24H27ClN4O2/c1-16-7-8-17(2)21(13-16)27-24(30)29-11-9-28(10-12-29)15-22-18(3)31-23(26-22)19-5-4-6-20(25)14-19/h4-8,13-14H,9-12,15H2,1-3H3,(H,27,30). The Balaban J connectivity index is 1.34. The zero-order chi connectivity index (χ0) is 22.0. The predicted molar refractivity (Wildman–Crippen MR) is 123 cm³/mol. The van der Waals surface area contributed by atoms with E-state index < -0.39 is 0 Å². The minimum absolute atomic E-state index is 0.0470. The van der Waals surface area contributed by atoms with Gasteiger partial charge in [-0.25, -0.2) is 9.78 Å². The minimum atomic E-state index is -0.0470. The molecule has 31 heavy (non-hydrogen) atoms. The topological polar surface area (TPSA) is 61.6 Å². The molecule has 2 amide bonds. The Morgan fingerprint density at radius 2 is 1.87 bits per heavy atom. The van der Waals surface area contributed by atoms with Crippen LogP contribution in [0.5, 0.6) is 0 Å². The first-order valence-electron chi connectivity index (χ1n) is 10.5. The third-order valence-corrected chi connectivity index (χ3v) is 5.87. The third-order valence-electron chi connectivity index (χ3n) is 5.63. The average Bonchev–Trinajstić information content (AvgIpc) is 3.11. The Morgan fingerprint density at radius 1 is 1.10 bits per heavy atom.